The molecule has 0 aliphatic carbocycles. The van der Waals surface area contributed by atoms with Crippen molar-refractivity contribution in [1.29, 1.82) is 0 Å². The molecule has 0 amide bonds. The van der Waals surface area contributed by atoms with E-state index in [0.29, 0.717) is 5.92 Å². The van der Waals surface area contributed by atoms with Gasteiger partial charge < -0.3 is 19.0 Å². The maximum absolute atomic E-state index is 5.87. The molecule has 0 bridgehead atoms. The Hall–Kier alpha value is -1.37. The quantitative estimate of drug-likeness (QED) is 0.896. The van der Waals surface area contributed by atoms with Crippen molar-refractivity contribution >= 4 is 12.4 Å². The van der Waals surface area contributed by atoms with Crippen LogP contribution in [0, 0.1) is 0 Å². The van der Waals surface area contributed by atoms with Crippen LogP contribution in [0.3, 0.4) is 0 Å². The second-order valence-corrected chi connectivity index (χ2v) is 4.70. The number of hydrogen-bond donors (Lipinski definition) is 1. The first-order valence-electron chi connectivity index (χ1n) is 6.22. The number of hydrogen-bond acceptors (Lipinski definition) is 5. The second kappa shape index (κ2) is 4.96. The molecule has 1 N–H and O–H groups in total. The molecule has 19 heavy (non-hydrogen) atoms. The van der Waals surface area contributed by atoms with E-state index in [1.54, 1.807) is 0 Å². The minimum absolute atomic E-state index is 0. The fourth-order valence-electron chi connectivity index (χ4n) is 2.37. The Balaban J connectivity index is 0.00000110. The summed E-state index contributed by atoms with van der Waals surface area (Å²) < 4.78 is 13.2. The maximum atomic E-state index is 5.87. The zero-order valence-corrected chi connectivity index (χ0v) is 11.2. The van der Waals surface area contributed by atoms with Gasteiger partial charge in [-0.1, -0.05) is 0 Å². The highest BCUT2D eigenvalue weighted by atomic mass is 35.5. The lowest BCUT2D eigenvalue weighted by molar-refractivity contribution is 0.0000962. The molecule has 2 aliphatic rings. The molecule has 102 valence electrons. The lowest BCUT2D eigenvalue weighted by Crippen LogP contribution is -2.28. The van der Waals surface area contributed by atoms with Crippen molar-refractivity contribution in [2.75, 3.05) is 19.8 Å². The molecular formula is C12H15ClN4O2. The Morgan fingerprint density at radius 2 is 2.16 bits per heavy atom. The molecule has 2 aromatic rings. The first-order valence-corrected chi connectivity index (χ1v) is 6.22. The normalized spacial score (nSPS) is 18.5. The van der Waals surface area contributed by atoms with E-state index in [0.717, 1.165) is 56.0 Å². The van der Waals surface area contributed by atoms with E-state index in [-0.39, 0.29) is 12.4 Å². The monoisotopic (exact) mass is 282 g/mol. The zero-order chi connectivity index (χ0) is 11.9. The predicted molar refractivity (Wildman–Crippen MR) is 70.2 cm³/mol. The maximum Gasteiger partial charge on any atom is 0.199 e. The van der Waals surface area contributed by atoms with Crippen LogP contribution in [-0.4, -0.2) is 34.5 Å². The van der Waals surface area contributed by atoms with Gasteiger partial charge in [-0.05, 0) is 12.1 Å². The van der Waals surface area contributed by atoms with Crippen molar-refractivity contribution in [1.82, 2.24) is 20.1 Å². The molecule has 0 aromatic carbocycles. The number of rotatable bonds is 2. The van der Waals surface area contributed by atoms with Crippen LogP contribution in [0.2, 0.25) is 0 Å². The van der Waals surface area contributed by atoms with E-state index < -0.39 is 0 Å². The van der Waals surface area contributed by atoms with Crippen molar-refractivity contribution in [3.63, 3.8) is 0 Å². The largest absolute Gasteiger partial charge is 0.457 e. The summed E-state index contributed by atoms with van der Waals surface area (Å²) in [5.41, 5.74) is 0. The molecule has 1 fully saturated rings. The van der Waals surface area contributed by atoms with E-state index in [1.165, 1.54) is 0 Å². The molecule has 7 heteroatoms. The van der Waals surface area contributed by atoms with Gasteiger partial charge in [0.05, 0.1) is 25.7 Å². The van der Waals surface area contributed by atoms with Crippen LogP contribution < -0.4 is 5.32 Å². The van der Waals surface area contributed by atoms with Gasteiger partial charge in [0, 0.05) is 13.1 Å². The fraction of sp³-hybridized carbons (Fsp3) is 0.500. The molecule has 4 heterocycles. The number of nitrogens with zero attached hydrogens (tertiary/aromatic N) is 3. The van der Waals surface area contributed by atoms with Crippen molar-refractivity contribution < 1.29 is 9.15 Å². The zero-order valence-electron chi connectivity index (χ0n) is 10.3. The summed E-state index contributed by atoms with van der Waals surface area (Å²) in [4.78, 5) is 0. The van der Waals surface area contributed by atoms with Crippen LogP contribution in [0.15, 0.2) is 16.5 Å². The van der Waals surface area contributed by atoms with E-state index in [4.69, 9.17) is 9.15 Å². The lowest BCUT2D eigenvalue weighted by Gasteiger charge is -2.23. The van der Waals surface area contributed by atoms with Gasteiger partial charge in [0.25, 0.3) is 0 Å². The summed E-state index contributed by atoms with van der Waals surface area (Å²) in [6.07, 6.45) is 0. The van der Waals surface area contributed by atoms with E-state index in [9.17, 15) is 0 Å². The molecule has 2 aliphatic heterocycles. The van der Waals surface area contributed by atoms with Crippen LogP contribution in [0.4, 0.5) is 0 Å². The Kier molecular flexibility index (Phi) is 3.30. The van der Waals surface area contributed by atoms with Crippen LogP contribution in [0.1, 0.15) is 17.5 Å². The highest BCUT2D eigenvalue weighted by Crippen LogP contribution is 2.29. The number of aromatic nitrogens is 3. The molecule has 1 saturated heterocycles. The second-order valence-electron chi connectivity index (χ2n) is 4.70. The standard InChI is InChI=1S/C12H14N4O2.ClH/c1-2-10(18-9(1)8-6-17-7-8)12-15-14-11-5-13-3-4-16(11)12;/h1-2,8,13H,3-7H2;1H. The van der Waals surface area contributed by atoms with Crippen LogP contribution in [0.25, 0.3) is 11.6 Å². The first kappa shape index (κ1) is 12.7. The SMILES string of the molecule is Cl.c1cc(C2COC2)oc1-c1nnc2n1CCNC2. The summed E-state index contributed by atoms with van der Waals surface area (Å²) in [6, 6.07) is 4.00. The Labute approximate surface area is 116 Å². The molecule has 0 saturated carbocycles. The van der Waals surface area contributed by atoms with Gasteiger partial charge in [-0.25, -0.2) is 0 Å². The summed E-state index contributed by atoms with van der Waals surface area (Å²) in [7, 11) is 0. The summed E-state index contributed by atoms with van der Waals surface area (Å²) in [5, 5.41) is 11.7. The van der Waals surface area contributed by atoms with Gasteiger partial charge in [0.2, 0.25) is 0 Å². The van der Waals surface area contributed by atoms with Crippen LogP contribution >= 0.6 is 12.4 Å². The van der Waals surface area contributed by atoms with E-state index in [1.807, 2.05) is 12.1 Å². The molecule has 4 rings (SSSR count). The topological polar surface area (TPSA) is 65.1 Å². The van der Waals surface area contributed by atoms with E-state index in [2.05, 4.69) is 20.1 Å². The lowest BCUT2D eigenvalue weighted by atomic mass is 10.1. The Bertz CT molecular complexity index is 576. The van der Waals surface area contributed by atoms with Crippen molar-refractivity contribution in [3.05, 3.63) is 23.7 Å². The van der Waals surface area contributed by atoms with Crippen LogP contribution in [-0.2, 0) is 17.8 Å². The fourth-order valence-corrected chi connectivity index (χ4v) is 2.37. The van der Waals surface area contributed by atoms with Gasteiger partial charge in [0.1, 0.15) is 11.6 Å². The third-order valence-corrected chi connectivity index (χ3v) is 3.51. The molecule has 6 nitrogen and oxygen atoms in total. The third-order valence-electron chi connectivity index (χ3n) is 3.51. The minimum Gasteiger partial charge on any atom is -0.457 e. The molecule has 0 unspecified atom stereocenters. The molecule has 0 atom stereocenters. The predicted octanol–water partition coefficient (Wildman–Crippen LogP) is 1.18. The number of halogens is 1. The van der Waals surface area contributed by atoms with Crippen LogP contribution in [0.5, 0.6) is 0 Å². The third kappa shape index (κ3) is 2.05. The average molecular weight is 283 g/mol. The minimum atomic E-state index is 0. The summed E-state index contributed by atoms with van der Waals surface area (Å²) in [6.45, 7) is 4.13. The van der Waals surface area contributed by atoms with Gasteiger partial charge >= 0.3 is 0 Å². The smallest absolute Gasteiger partial charge is 0.199 e. The van der Waals surface area contributed by atoms with Gasteiger partial charge in [-0.3, -0.25) is 0 Å². The Morgan fingerprint density at radius 3 is 2.95 bits per heavy atom. The van der Waals surface area contributed by atoms with Crippen molar-refractivity contribution in [2.24, 2.45) is 0 Å². The molecule has 0 radical (unpaired) electrons. The number of nitrogens with one attached hydrogen (secondary N) is 1. The van der Waals surface area contributed by atoms with Gasteiger partial charge in [-0.15, -0.1) is 22.6 Å². The number of fused-ring (bicyclic) bond motifs is 1. The van der Waals surface area contributed by atoms with Crippen molar-refractivity contribution in [3.8, 4) is 11.6 Å². The average Bonchev–Trinajstić information content (AvgIpc) is 2.92. The first-order chi connectivity index (χ1) is 8.92. The molecule has 0 spiro atoms. The Morgan fingerprint density at radius 1 is 1.26 bits per heavy atom. The van der Waals surface area contributed by atoms with Crippen molar-refractivity contribution in [2.45, 2.75) is 19.0 Å². The molecule has 2 aromatic heterocycles. The number of furan rings is 1. The highest BCUT2D eigenvalue weighted by Gasteiger charge is 2.25. The number of ether oxygens (including phenoxy) is 1. The highest BCUT2D eigenvalue weighted by molar-refractivity contribution is 5.85. The van der Waals surface area contributed by atoms with Gasteiger partial charge in [-0.2, -0.15) is 0 Å². The van der Waals surface area contributed by atoms with E-state index >= 15 is 0 Å². The van der Waals surface area contributed by atoms with Gasteiger partial charge in [0.15, 0.2) is 11.6 Å². The summed E-state index contributed by atoms with van der Waals surface area (Å²) in [5.74, 6) is 4.00. The summed E-state index contributed by atoms with van der Waals surface area (Å²) >= 11 is 0. The molecular weight excluding hydrogens is 268 g/mol.